The van der Waals surface area contributed by atoms with E-state index in [1.165, 1.54) is 5.56 Å². The van der Waals surface area contributed by atoms with Crippen molar-refractivity contribution in [2.24, 2.45) is 0 Å². The second kappa shape index (κ2) is 16.0. The largest absolute Gasteiger partial charge is 0.546 e. The van der Waals surface area contributed by atoms with Crippen molar-refractivity contribution in [3.05, 3.63) is 150 Å². The van der Waals surface area contributed by atoms with Crippen molar-refractivity contribution in [2.45, 2.75) is 18.9 Å². The molecule has 0 saturated heterocycles. The predicted octanol–water partition coefficient (Wildman–Crippen LogP) is 5.38. The molecule has 0 amide bonds. The third-order valence-electron chi connectivity index (χ3n) is 8.07. The molecule has 48 heavy (non-hydrogen) atoms. The highest BCUT2D eigenvalue weighted by molar-refractivity contribution is 5.96. The number of aliphatic hydroxyl groups excluding tert-OH is 3. The van der Waals surface area contributed by atoms with Gasteiger partial charge in [0.25, 0.3) is 0 Å². The minimum Gasteiger partial charge on any atom is -0.546 e. The summed E-state index contributed by atoms with van der Waals surface area (Å²) in [5.74, 6) is 0.197. The molecule has 8 heteroatoms. The molecule has 3 N–H and O–H groups in total. The third-order valence-corrected chi connectivity index (χ3v) is 8.07. The summed E-state index contributed by atoms with van der Waals surface area (Å²) >= 11 is 0. The molecule has 1 heterocycles. The summed E-state index contributed by atoms with van der Waals surface area (Å²) in [6, 6.07) is 43.8. The molecule has 6 rings (SSSR count). The van der Waals surface area contributed by atoms with Crippen molar-refractivity contribution in [1.29, 1.82) is 0 Å². The zero-order chi connectivity index (χ0) is 33.9. The number of carboxylic acids is 1. The Morgan fingerprint density at radius 2 is 1.19 bits per heavy atom. The molecule has 0 unspecified atom stereocenters. The van der Waals surface area contributed by atoms with Crippen LogP contribution in [0, 0.1) is 0 Å². The van der Waals surface area contributed by atoms with E-state index < -0.39 is 12.1 Å². The second-order valence-corrected chi connectivity index (χ2v) is 11.8. The molecule has 0 aliphatic carbocycles. The van der Waals surface area contributed by atoms with Crippen molar-refractivity contribution in [3.8, 4) is 28.0 Å². The van der Waals surface area contributed by atoms with E-state index in [9.17, 15) is 9.90 Å². The summed E-state index contributed by atoms with van der Waals surface area (Å²) in [4.78, 5) is 11.7. The molecule has 5 aromatic carbocycles. The fraction of sp³-hybridized carbons (Fsp3) is 0.175. The zero-order valence-electron chi connectivity index (χ0n) is 26.7. The number of ether oxygens (including phenoxy) is 1. The average Bonchev–Trinajstić information content (AvgIpc) is 3.50. The topological polar surface area (TPSA) is 123 Å². The van der Waals surface area contributed by atoms with Gasteiger partial charge in [0.15, 0.2) is 20.2 Å². The Kier molecular flexibility index (Phi) is 11.4. The lowest BCUT2D eigenvalue weighted by atomic mass is 9.96. The van der Waals surface area contributed by atoms with Crippen LogP contribution < -0.4 is 9.84 Å². The number of carboxylic acid groups (broad SMARTS) is 1. The van der Waals surface area contributed by atoms with Crippen LogP contribution in [-0.2, 0) is 17.6 Å². The van der Waals surface area contributed by atoms with Crippen molar-refractivity contribution in [2.75, 3.05) is 27.2 Å². The first-order valence-corrected chi connectivity index (χ1v) is 15.6. The standard InChI is InChI=1S/C36H28O4.C4H12NO3/c37-36(38)34(24-26-11-5-2-6-12-26)39-30-21-19-28(20-22-30)27-15-17-29(18-16-27)35-31-13-7-8-14-32(31)40-33(35)23-25-9-3-1-4-10-25;1-5(2-6,3-7)4-8/h1-22,34H,23-24H2,(H,37,38);6-8H,2-4H2,1H3/q;+1/p-1/t34-;/m0./s1. The van der Waals surface area contributed by atoms with Crippen molar-refractivity contribution < 1.29 is 38.9 Å². The van der Waals surface area contributed by atoms with E-state index in [1.807, 2.05) is 78.9 Å². The highest BCUT2D eigenvalue weighted by Crippen LogP contribution is 2.37. The van der Waals surface area contributed by atoms with E-state index in [0.717, 1.165) is 44.5 Å². The Labute approximate surface area is 279 Å². The van der Waals surface area contributed by atoms with Crippen LogP contribution in [0.15, 0.2) is 138 Å². The number of aliphatic carboxylic acids is 1. The lowest BCUT2D eigenvalue weighted by Crippen LogP contribution is -2.46. The molecular formula is C40H39NO7. The molecule has 6 aromatic rings. The fourth-order valence-corrected chi connectivity index (χ4v) is 5.17. The number of carbonyl (C=O) groups excluding carboxylic acids is 1. The van der Waals surface area contributed by atoms with Crippen LogP contribution in [0.5, 0.6) is 5.75 Å². The van der Waals surface area contributed by atoms with E-state index in [2.05, 4.69) is 42.5 Å². The Morgan fingerprint density at radius 3 is 1.73 bits per heavy atom. The SMILES string of the molecule is C[N+](CO)(CO)CO.O=C([O-])[C@H](Cc1ccccc1)Oc1ccc(-c2ccc(-c3c(Cc4ccccc4)oc4ccccc34)cc2)cc1. The highest BCUT2D eigenvalue weighted by Gasteiger charge is 2.17. The van der Waals surface area contributed by atoms with Gasteiger partial charge in [-0.3, -0.25) is 4.48 Å². The molecule has 0 saturated carbocycles. The van der Waals surface area contributed by atoms with Crippen LogP contribution in [0.2, 0.25) is 0 Å². The lowest BCUT2D eigenvalue weighted by molar-refractivity contribution is -0.959. The number of carbonyl (C=O) groups is 1. The summed E-state index contributed by atoms with van der Waals surface area (Å²) in [7, 11) is 1.54. The summed E-state index contributed by atoms with van der Waals surface area (Å²) in [5.41, 5.74) is 7.23. The van der Waals surface area contributed by atoms with Gasteiger partial charge in [-0.15, -0.1) is 0 Å². The van der Waals surface area contributed by atoms with Gasteiger partial charge in [0.2, 0.25) is 0 Å². The van der Waals surface area contributed by atoms with Gasteiger partial charge in [0.1, 0.15) is 23.2 Å². The third kappa shape index (κ3) is 8.56. The number of rotatable bonds is 12. The predicted molar refractivity (Wildman–Crippen MR) is 183 cm³/mol. The molecule has 0 aliphatic heterocycles. The van der Waals surface area contributed by atoms with E-state index in [-0.39, 0.29) is 31.1 Å². The number of quaternary nitrogens is 1. The number of nitrogens with zero attached hydrogens (tertiary/aromatic N) is 1. The maximum atomic E-state index is 11.7. The lowest BCUT2D eigenvalue weighted by Gasteiger charge is -2.25. The van der Waals surface area contributed by atoms with Crippen LogP contribution in [0.4, 0.5) is 0 Å². The number of fused-ring (bicyclic) bond motifs is 1. The van der Waals surface area contributed by atoms with Crippen LogP contribution in [0.1, 0.15) is 16.9 Å². The molecule has 1 atom stereocenters. The van der Waals surface area contributed by atoms with Gasteiger partial charge >= 0.3 is 0 Å². The van der Waals surface area contributed by atoms with Gasteiger partial charge in [-0.2, -0.15) is 0 Å². The first-order valence-electron chi connectivity index (χ1n) is 15.6. The van der Waals surface area contributed by atoms with Gasteiger partial charge < -0.3 is 34.4 Å². The summed E-state index contributed by atoms with van der Waals surface area (Å²) in [5, 5.41) is 38.1. The molecule has 0 radical (unpaired) electrons. The summed E-state index contributed by atoms with van der Waals surface area (Å²) in [6.07, 6.45) is -0.116. The highest BCUT2D eigenvalue weighted by atomic mass is 16.5. The molecule has 246 valence electrons. The number of hydrogen-bond donors (Lipinski definition) is 3. The van der Waals surface area contributed by atoms with Crippen molar-refractivity contribution in [1.82, 2.24) is 0 Å². The molecule has 0 bridgehead atoms. The normalized spacial score (nSPS) is 11.8. The molecule has 8 nitrogen and oxygen atoms in total. The van der Waals surface area contributed by atoms with E-state index in [0.29, 0.717) is 12.2 Å². The molecule has 0 fully saturated rings. The maximum absolute atomic E-state index is 11.7. The van der Waals surface area contributed by atoms with E-state index in [4.69, 9.17) is 24.5 Å². The number of furan rings is 1. The van der Waals surface area contributed by atoms with Gasteiger partial charge in [0.05, 0.1) is 13.0 Å². The summed E-state index contributed by atoms with van der Waals surface area (Å²) in [6.45, 7) is -0.729. The van der Waals surface area contributed by atoms with Gasteiger partial charge in [0, 0.05) is 23.8 Å². The van der Waals surface area contributed by atoms with Crippen LogP contribution in [-0.4, -0.2) is 59.1 Å². The van der Waals surface area contributed by atoms with Gasteiger partial charge in [-0.25, -0.2) is 0 Å². The molecule has 0 spiro atoms. The molecule has 1 aromatic heterocycles. The molecule has 0 aliphatic rings. The quantitative estimate of drug-likeness (QED) is 0.121. The number of benzene rings is 5. The Bertz CT molecular complexity index is 1870. The van der Waals surface area contributed by atoms with E-state index in [1.54, 1.807) is 19.2 Å². The van der Waals surface area contributed by atoms with Gasteiger partial charge in [-0.05, 0) is 46.0 Å². The van der Waals surface area contributed by atoms with Crippen LogP contribution >= 0.6 is 0 Å². The number of para-hydroxylation sites is 1. The van der Waals surface area contributed by atoms with Gasteiger partial charge in [-0.1, -0.05) is 115 Å². The van der Waals surface area contributed by atoms with Crippen molar-refractivity contribution in [3.63, 3.8) is 0 Å². The maximum Gasteiger partial charge on any atom is 0.183 e. The average molecular weight is 646 g/mol. The van der Waals surface area contributed by atoms with E-state index >= 15 is 0 Å². The smallest absolute Gasteiger partial charge is 0.183 e. The minimum atomic E-state index is -1.23. The zero-order valence-corrected chi connectivity index (χ0v) is 26.7. The Morgan fingerprint density at radius 1 is 0.688 bits per heavy atom. The first-order chi connectivity index (χ1) is 23.3. The second-order valence-electron chi connectivity index (χ2n) is 11.8. The van der Waals surface area contributed by atoms with Crippen molar-refractivity contribution >= 4 is 16.9 Å². The Hall–Kier alpha value is -5.25. The number of aliphatic hydroxyl groups is 3. The van der Waals surface area contributed by atoms with Crippen LogP contribution in [0.25, 0.3) is 33.2 Å². The fourth-order valence-electron chi connectivity index (χ4n) is 5.17. The number of hydrogen-bond acceptors (Lipinski definition) is 7. The van der Waals surface area contributed by atoms with Crippen LogP contribution in [0.3, 0.4) is 0 Å². The Balaban J connectivity index is 0.000000503. The molecular weight excluding hydrogens is 606 g/mol. The monoisotopic (exact) mass is 645 g/mol. The summed E-state index contributed by atoms with van der Waals surface area (Å²) < 4.78 is 12.0. The minimum absolute atomic E-state index is 0.125. The first kappa shape index (κ1) is 34.1.